The van der Waals surface area contributed by atoms with Gasteiger partial charge in [-0.15, -0.1) is 0 Å². The van der Waals surface area contributed by atoms with Crippen LogP contribution in [0.5, 0.6) is 5.75 Å². The molecule has 1 amide bonds. The number of amides is 1. The fourth-order valence-electron chi connectivity index (χ4n) is 3.79. The van der Waals surface area contributed by atoms with Crippen molar-refractivity contribution in [1.29, 1.82) is 0 Å². The van der Waals surface area contributed by atoms with E-state index in [1.165, 1.54) is 17.3 Å². The monoisotopic (exact) mass is 406 g/mol. The Labute approximate surface area is 176 Å². The second-order valence-electron chi connectivity index (χ2n) is 7.43. The summed E-state index contributed by atoms with van der Waals surface area (Å²) >= 11 is 1.50. The Morgan fingerprint density at radius 2 is 1.83 bits per heavy atom. The van der Waals surface area contributed by atoms with Gasteiger partial charge in [0.05, 0.1) is 11.5 Å². The maximum atomic E-state index is 12.4. The molecule has 1 fully saturated rings. The van der Waals surface area contributed by atoms with Crippen molar-refractivity contribution >= 4 is 28.9 Å². The third kappa shape index (κ3) is 5.10. The summed E-state index contributed by atoms with van der Waals surface area (Å²) < 4.78 is 5.47. The van der Waals surface area contributed by atoms with Crippen LogP contribution in [-0.4, -0.2) is 35.7 Å². The Balaban J connectivity index is 1.33. The van der Waals surface area contributed by atoms with E-state index in [0.29, 0.717) is 17.4 Å². The molecule has 2 aliphatic heterocycles. The lowest BCUT2D eigenvalue weighted by molar-refractivity contribution is -0.113. The molecule has 0 N–H and O–H groups in total. The number of hydrogen-bond acceptors (Lipinski definition) is 4. The summed E-state index contributed by atoms with van der Waals surface area (Å²) in [7, 11) is 0. The highest BCUT2D eigenvalue weighted by Gasteiger charge is 2.29. The smallest absolute Gasteiger partial charge is 0.286 e. The minimum Gasteiger partial charge on any atom is -0.494 e. The van der Waals surface area contributed by atoms with Gasteiger partial charge >= 0.3 is 0 Å². The van der Waals surface area contributed by atoms with Crippen molar-refractivity contribution < 1.29 is 9.53 Å². The number of carbonyl (C=O) groups excluding carboxylic acids is 1. The van der Waals surface area contributed by atoms with E-state index >= 15 is 0 Å². The van der Waals surface area contributed by atoms with Gasteiger partial charge in [0, 0.05) is 13.1 Å². The topological polar surface area (TPSA) is 41.9 Å². The molecule has 0 atom stereocenters. The summed E-state index contributed by atoms with van der Waals surface area (Å²) in [6.45, 7) is 4.54. The molecule has 2 aromatic carbocycles. The van der Waals surface area contributed by atoms with E-state index in [1.54, 1.807) is 0 Å². The number of rotatable bonds is 5. The van der Waals surface area contributed by atoms with E-state index in [4.69, 9.17) is 4.74 Å². The fraction of sp³-hybridized carbons (Fsp3) is 0.333. The lowest BCUT2D eigenvalue weighted by atomic mass is 9.90. The largest absolute Gasteiger partial charge is 0.494 e. The van der Waals surface area contributed by atoms with Crippen molar-refractivity contribution in [3.8, 4) is 5.75 Å². The number of hydrogen-bond donors (Lipinski definition) is 0. The average molecular weight is 407 g/mol. The lowest BCUT2D eigenvalue weighted by Gasteiger charge is -2.32. The first-order valence-electron chi connectivity index (χ1n) is 10.3. The second-order valence-corrected chi connectivity index (χ2v) is 8.44. The minimum absolute atomic E-state index is 0.134. The Hall–Kier alpha value is -2.53. The van der Waals surface area contributed by atoms with Crippen molar-refractivity contribution in [1.82, 2.24) is 4.90 Å². The van der Waals surface area contributed by atoms with E-state index in [-0.39, 0.29) is 5.91 Å². The van der Waals surface area contributed by atoms with Gasteiger partial charge in [0.1, 0.15) is 5.75 Å². The van der Waals surface area contributed by atoms with Gasteiger partial charge in [-0.2, -0.15) is 4.99 Å². The molecule has 0 saturated carbocycles. The van der Waals surface area contributed by atoms with E-state index in [2.05, 4.69) is 40.2 Å². The quantitative estimate of drug-likeness (QED) is 0.655. The Kier molecular flexibility index (Phi) is 6.35. The standard InChI is InChI=1S/C24H26N2O2S/c1-2-28-21-10-8-19(9-11-21)17-22-23(27)25-24(29-22)26-14-12-20(13-15-26)16-18-6-4-3-5-7-18/h3-11,17,20H,2,12-16H2,1H3. The number of benzene rings is 2. The minimum atomic E-state index is -0.134. The Bertz CT molecular complexity index is 898. The predicted octanol–water partition coefficient (Wildman–Crippen LogP) is 5.01. The number of carbonyl (C=O) groups is 1. The molecule has 29 heavy (non-hydrogen) atoms. The number of aliphatic imine (C=N–C) groups is 1. The van der Waals surface area contributed by atoms with Crippen LogP contribution in [0, 0.1) is 5.92 Å². The number of nitrogens with zero attached hydrogens (tertiary/aromatic N) is 2. The maximum absolute atomic E-state index is 12.4. The maximum Gasteiger partial charge on any atom is 0.286 e. The van der Waals surface area contributed by atoms with Crippen LogP contribution in [0.1, 0.15) is 30.9 Å². The molecule has 0 aliphatic carbocycles. The first kappa shape index (κ1) is 19.8. The van der Waals surface area contributed by atoms with Crippen LogP contribution in [-0.2, 0) is 11.2 Å². The van der Waals surface area contributed by atoms with Crippen molar-refractivity contribution in [2.24, 2.45) is 10.9 Å². The molecule has 150 valence electrons. The molecule has 4 nitrogen and oxygen atoms in total. The fourth-order valence-corrected chi connectivity index (χ4v) is 4.75. The molecule has 0 spiro atoms. The van der Waals surface area contributed by atoms with Crippen LogP contribution < -0.4 is 4.74 Å². The van der Waals surface area contributed by atoms with Gasteiger partial charge in [-0.05, 0) is 73.2 Å². The van der Waals surface area contributed by atoms with Gasteiger partial charge in [0.2, 0.25) is 0 Å². The van der Waals surface area contributed by atoms with Gasteiger partial charge in [-0.3, -0.25) is 4.79 Å². The third-order valence-electron chi connectivity index (χ3n) is 5.35. The zero-order valence-electron chi connectivity index (χ0n) is 16.7. The van der Waals surface area contributed by atoms with Crippen LogP contribution in [0.3, 0.4) is 0 Å². The summed E-state index contributed by atoms with van der Waals surface area (Å²) in [5.41, 5.74) is 2.40. The third-order valence-corrected chi connectivity index (χ3v) is 6.39. The molecule has 0 unspecified atom stereocenters. The normalized spacial score (nSPS) is 18.9. The average Bonchev–Trinajstić information content (AvgIpc) is 3.11. The van der Waals surface area contributed by atoms with Crippen LogP contribution >= 0.6 is 11.8 Å². The van der Waals surface area contributed by atoms with Crippen molar-refractivity contribution in [3.63, 3.8) is 0 Å². The van der Waals surface area contributed by atoms with Gasteiger partial charge in [-0.25, -0.2) is 0 Å². The summed E-state index contributed by atoms with van der Waals surface area (Å²) in [5, 5.41) is 0.852. The van der Waals surface area contributed by atoms with Crippen LogP contribution in [0.25, 0.3) is 6.08 Å². The molecular weight excluding hydrogens is 380 g/mol. The number of thioether (sulfide) groups is 1. The summed E-state index contributed by atoms with van der Waals surface area (Å²) in [6.07, 6.45) is 5.33. The van der Waals surface area contributed by atoms with Crippen LogP contribution in [0.4, 0.5) is 0 Å². The molecular formula is C24H26N2O2S. The molecule has 5 heteroatoms. The highest BCUT2D eigenvalue weighted by molar-refractivity contribution is 8.18. The predicted molar refractivity (Wildman–Crippen MR) is 120 cm³/mol. The molecule has 1 saturated heterocycles. The highest BCUT2D eigenvalue weighted by Crippen LogP contribution is 2.33. The molecule has 2 aliphatic rings. The molecule has 0 bridgehead atoms. The molecule has 0 radical (unpaired) electrons. The number of amidine groups is 1. The van der Waals surface area contributed by atoms with Crippen molar-refractivity contribution in [2.45, 2.75) is 26.2 Å². The summed E-state index contributed by atoms with van der Waals surface area (Å²) in [4.78, 5) is 19.7. The number of piperidine rings is 1. The Morgan fingerprint density at radius 1 is 1.10 bits per heavy atom. The second kappa shape index (κ2) is 9.31. The SMILES string of the molecule is CCOc1ccc(C=C2SC(N3CCC(Cc4ccccc4)CC3)=NC2=O)cc1. The van der Waals surface area contributed by atoms with Crippen LogP contribution in [0.2, 0.25) is 0 Å². The van der Waals surface area contributed by atoms with Crippen LogP contribution in [0.15, 0.2) is 64.5 Å². The van der Waals surface area contributed by atoms with E-state index in [0.717, 1.165) is 48.8 Å². The highest BCUT2D eigenvalue weighted by atomic mass is 32.2. The zero-order chi connectivity index (χ0) is 20.1. The first-order chi connectivity index (χ1) is 14.2. The van der Waals surface area contributed by atoms with E-state index in [9.17, 15) is 4.79 Å². The van der Waals surface area contributed by atoms with Gasteiger partial charge in [0.25, 0.3) is 5.91 Å². The molecule has 2 aromatic rings. The number of likely N-dealkylation sites (tertiary alicyclic amines) is 1. The summed E-state index contributed by atoms with van der Waals surface area (Å²) in [5.74, 6) is 1.41. The van der Waals surface area contributed by atoms with Crippen molar-refractivity contribution in [3.05, 3.63) is 70.6 Å². The first-order valence-corrected chi connectivity index (χ1v) is 11.1. The molecule has 4 rings (SSSR count). The number of ether oxygens (including phenoxy) is 1. The van der Waals surface area contributed by atoms with Gasteiger partial charge in [-0.1, -0.05) is 42.5 Å². The Morgan fingerprint density at radius 3 is 2.52 bits per heavy atom. The molecule has 2 heterocycles. The van der Waals surface area contributed by atoms with E-state index < -0.39 is 0 Å². The van der Waals surface area contributed by atoms with Gasteiger partial charge < -0.3 is 9.64 Å². The van der Waals surface area contributed by atoms with Crippen molar-refractivity contribution in [2.75, 3.05) is 19.7 Å². The molecule has 0 aromatic heterocycles. The van der Waals surface area contributed by atoms with E-state index in [1.807, 2.05) is 37.3 Å². The zero-order valence-corrected chi connectivity index (χ0v) is 17.5. The summed E-state index contributed by atoms with van der Waals surface area (Å²) in [6, 6.07) is 18.5. The van der Waals surface area contributed by atoms with Gasteiger partial charge in [0.15, 0.2) is 5.17 Å². The lowest BCUT2D eigenvalue weighted by Crippen LogP contribution is -2.37.